The van der Waals surface area contributed by atoms with E-state index in [1.165, 1.54) is 0 Å². The SMILES string of the molecule is CNCCN(C)C(=O)c1cncc(Br)c1. The van der Waals surface area contributed by atoms with Crippen molar-refractivity contribution >= 4 is 21.8 Å². The molecule has 0 saturated carbocycles. The van der Waals surface area contributed by atoms with Gasteiger partial charge in [-0.3, -0.25) is 9.78 Å². The van der Waals surface area contributed by atoms with Gasteiger partial charge in [0.05, 0.1) is 5.56 Å². The maximum absolute atomic E-state index is 11.8. The summed E-state index contributed by atoms with van der Waals surface area (Å²) in [6.45, 7) is 1.46. The molecule has 82 valence electrons. The van der Waals surface area contributed by atoms with Crippen molar-refractivity contribution in [3.63, 3.8) is 0 Å². The molecule has 0 bridgehead atoms. The number of carbonyl (C=O) groups is 1. The van der Waals surface area contributed by atoms with Crippen LogP contribution in [0.5, 0.6) is 0 Å². The summed E-state index contributed by atoms with van der Waals surface area (Å²) in [6.07, 6.45) is 3.23. The van der Waals surface area contributed by atoms with E-state index in [0.29, 0.717) is 12.1 Å². The Hall–Kier alpha value is -0.940. The van der Waals surface area contributed by atoms with Crippen molar-refractivity contribution in [2.45, 2.75) is 0 Å². The molecule has 0 aliphatic rings. The Labute approximate surface area is 97.8 Å². The van der Waals surface area contributed by atoms with Crippen LogP contribution in [0, 0.1) is 0 Å². The number of nitrogens with zero attached hydrogens (tertiary/aromatic N) is 2. The van der Waals surface area contributed by atoms with Gasteiger partial charge in [0.15, 0.2) is 0 Å². The minimum Gasteiger partial charge on any atom is -0.340 e. The average molecular weight is 272 g/mol. The molecular weight excluding hydrogens is 258 g/mol. The number of carbonyl (C=O) groups excluding carboxylic acids is 1. The normalized spacial score (nSPS) is 10.1. The highest BCUT2D eigenvalue weighted by Gasteiger charge is 2.11. The van der Waals surface area contributed by atoms with E-state index in [2.05, 4.69) is 26.2 Å². The highest BCUT2D eigenvalue weighted by Crippen LogP contribution is 2.10. The summed E-state index contributed by atoms with van der Waals surface area (Å²) in [5.41, 5.74) is 0.600. The molecule has 1 amide bonds. The van der Waals surface area contributed by atoms with Crippen molar-refractivity contribution in [3.05, 3.63) is 28.5 Å². The predicted octanol–water partition coefficient (Wildman–Crippen LogP) is 1.14. The number of amides is 1. The molecule has 1 rings (SSSR count). The Balaban J connectivity index is 2.67. The molecule has 1 N–H and O–H groups in total. The second-order valence-corrected chi connectivity index (χ2v) is 4.14. The topological polar surface area (TPSA) is 45.2 Å². The zero-order valence-corrected chi connectivity index (χ0v) is 10.4. The van der Waals surface area contributed by atoms with Crippen LogP contribution in [0.15, 0.2) is 22.9 Å². The smallest absolute Gasteiger partial charge is 0.255 e. The second kappa shape index (κ2) is 5.82. The molecule has 0 fully saturated rings. The number of nitrogens with one attached hydrogen (secondary N) is 1. The number of hydrogen-bond donors (Lipinski definition) is 1. The zero-order chi connectivity index (χ0) is 11.3. The van der Waals surface area contributed by atoms with Gasteiger partial charge in [0, 0.05) is 37.0 Å². The molecule has 0 aliphatic heterocycles. The highest BCUT2D eigenvalue weighted by molar-refractivity contribution is 9.10. The van der Waals surface area contributed by atoms with E-state index in [-0.39, 0.29) is 5.91 Å². The first-order valence-corrected chi connectivity index (χ1v) is 5.45. The Morgan fingerprint density at radius 3 is 2.93 bits per heavy atom. The van der Waals surface area contributed by atoms with Gasteiger partial charge >= 0.3 is 0 Å². The van der Waals surface area contributed by atoms with Crippen LogP contribution >= 0.6 is 15.9 Å². The zero-order valence-electron chi connectivity index (χ0n) is 8.83. The van der Waals surface area contributed by atoms with Gasteiger partial charge in [0.2, 0.25) is 0 Å². The molecule has 0 spiro atoms. The lowest BCUT2D eigenvalue weighted by atomic mass is 10.2. The molecule has 0 radical (unpaired) electrons. The van der Waals surface area contributed by atoms with Gasteiger partial charge in [-0.15, -0.1) is 0 Å². The highest BCUT2D eigenvalue weighted by atomic mass is 79.9. The lowest BCUT2D eigenvalue weighted by Gasteiger charge is -2.16. The van der Waals surface area contributed by atoms with Crippen LogP contribution in [0.1, 0.15) is 10.4 Å². The summed E-state index contributed by atoms with van der Waals surface area (Å²) in [7, 11) is 3.64. The third kappa shape index (κ3) is 3.60. The maximum Gasteiger partial charge on any atom is 0.255 e. The minimum absolute atomic E-state index is 0.0148. The molecular formula is C10H14BrN3O. The van der Waals surface area contributed by atoms with E-state index in [4.69, 9.17) is 0 Å². The van der Waals surface area contributed by atoms with Crippen molar-refractivity contribution in [3.8, 4) is 0 Å². The molecule has 15 heavy (non-hydrogen) atoms. The van der Waals surface area contributed by atoms with Gasteiger partial charge in [-0.25, -0.2) is 0 Å². The molecule has 1 aromatic rings. The summed E-state index contributed by atoms with van der Waals surface area (Å²) in [5.74, 6) is -0.0148. The van der Waals surface area contributed by atoms with E-state index in [0.717, 1.165) is 11.0 Å². The van der Waals surface area contributed by atoms with Crippen LogP contribution in [0.4, 0.5) is 0 Å². The third-order valence-corrected chi connectivity index (χ3v) is 2.43. The number of aromatic nitrogens is 1. The van der Waals surface area contributed by atoms with E-state index in [1.54, 1.807) is 30.4 Å². The predicted molar refractivity (Wildman–Crippen MR) is 62.8 cm³/mol. The molecule has 5 heteroatoms. The van der Waals surface area contributed by atoms with Gasteiger partial charge in [0.1, 0.15) is 0 Å². The summed E-state index contributed by atoms with van der Waals surface area (Å²) in [6, 6.07) is 1.77. The van der Waals surface area contributed by atoms with Gasteiger partial charge < -0.3 is 10.2 Å². The summed E-state index contributed by atoms with van der Waals surface area (Å²) >= 11 is 3.29. The molecule has 0 aliphatic carbocycles. The van der Waals surface area contributed by atoms with Crippen molar-refractivity contribution in [1.82, 2.24) is 15.2 Å². The summed E-state index contributed by atoms with van der Waals surface area (Å²) in [5, 5.41) is 3.00. The van der Waals surface area contributed by atoms with E-state index < -0.39 is 0 Å². The lowest BCUT2D eigenvalue weighted by Crippen LogP contribution is -2.32. The Kier molecular flexibility index (Phi) is 4.71. The van der Waals surface area contributed by atoms with Crippen molar-refractivity contribution in [2.75, 3.05) is 27.2 Å². The van der Waals surface area contributed by atoms with Crippen LogP contribution in [-0.4, -0.2) is 43.0 Å². The summed E-state index contributed by atoms with van der Waals surface area (Å²) < 4.78 is 0.815. The average Bonchev–Trinajstić information content (AvgIpc) is 2.24. The fraction of sp³-hybridized carbons (Fsp3) is 0.400. The van der Waals surface area contributed by atoms with Crippen LogP contribution < -0.4 is 5.32 Å². The van der Waals surface area contributed by atoms with Crippen molar-refractivity contribution < 1.29 is 4.79 Å². The van der Waals surface area contributed by atoms with Crippen molar-refractivity contribution in [2.24, 2.45) is 0 Å². The molecule has 4 nitrogen and oxygen atoms in total. The van der Waals surface area contributed by atoms with Crippen LogP contribution in [-0.2, 0) is 0 Å². The molecule has 0 aromatic carbocycles. The van der Waals surface area contributed by atoms with E-state index in [9.17, 15) is 4.79 Å². The first-order chi connectivity index (χ1) is 7.15. The standard InChI is InChI=1S/C10H14BrN3O/c1-12-3-4-14(2)10(15)8-5-9(11)7-13-6-8/h5-7,12H,3-4H2,1-2H3. The second-order valence-electron chi connectivity index (χ2n) is 3.22. The third-order valence-electron chi connectivity index (χ3n) is 2.00. The fourth-order valence-electron chi connectivity index (χ4n) is 1.13. The Morgan fingerprint density at radius 2 is 2.33 bits per heavy atom. The van der Waals surface area contributed by atoms with Crippen LogP contribution in [0.3, 0.4) is 0 Å². The molecule has 0 atom stereocenters. The van der Waals surface area contributed by atoms with Crippen molar-refractivity contribution in [1.29, 1.82) is 0 Å². The minimum atomic E-state index is -0.0148. The summed E-state index contributed by atoms with van der Waals surface area (Å²) in [4.78, 5) is 17.5. The van der Waals surface area contributed by atoms with E-state index >= 15 is 0 Å². The quantitative estimate of drug-likeness (QED) is 0.893. The number of hydrogen-bond acceptors (Lipinski definition) is 3. The Bertz CT molecular complexity index is 343. The van der Waals surface area contributed by atoms with Gasteiger partial charge in [0.25, 0.3) is 5.91 Å². The van der Waals surface area contributed by atoms with E-state index in [1.807, 2.05) is 7.05 Å². The number of pyridine rings is 1. The number of likely N-dealkylation sites (N-methyl/N-ethyl adjacent to an activating group) is 2. The molecule has 0 unspecified atom stereocenters. The Morgan fingerprint density at radius 1 is 1.60 bits per heavy atom. The van der Waals surface area contributed by atoms with Gasteiger partial charge in [-0.2, -0.15) is 0 Å². The number of rotatable bonds is 4. The fourth-order valence-corrected chi connectivity index (χ4v) is 1.50. The lowest BCUT2D eigenvalue weighted by molar-refractivity contribution is 0.0796. The number of halogens is 1. The maximum atomic E-state index is 11.8. The first-order valence-electron chi connectivity index (χ1n) is 4.65. The first kappa shape index (κ1) is 12.1. The van der Waals surface area contributed by atoms with Gasteiger partial charge in [-0.05, 0) is 29.0 Å². The molecule has 1 aromatic heterocycles. The molecule has 1 heterocycles. The van der Waals surface area contributed by atoms with Crippen LogP contribution in [0.2, 0.25) is 0 Å². The largest absolute Gasteiger partial charge is 0.340 e. The van der Waals surface area contributed by atoms with Crippen LogP contribution in [0.25, 0.3) is 0 Å². The van der Waals surface area contributed by atoms with Gasteiger partial charge in [-0.1, -0.05) is 0 Å². The molecule has 0 saturated heterocycles. The monoisotopic (exact) mass is 271 g/mol.